The van der Waals surface area contributed by atoms with E-state index in [1.54, 1.807) is 11.0 Å². The van der Waals surface area contributed by atoms with E-state index in [4.69, 9.17) is 15.5 Å². The van der Waals surface area contributed by atoms with Gasteiger partial charge < -0.3 is 15.8 Å². The predicted octanol–water partition coefficient (Wildman–Crippen LogP) is 4.68. The average molecular weight is 509 g/mol. The van der Waals surface area contributed by atoms with Crippen LogP contribution in [-0.4, -0.2) is 29.3 Å². The van der Waals surface area contributed by atoms with Crippen molar-refractivity contribution in [2.24, 2.45) is 16.6 Å². The van der Waals surface area contributed by atoms with E-state index < -0.39 is 5.54 Å². The van der Waals surface area contributed by atoms with Crippen LogP contribution in [0.2, 0.25) is 0 Å². The number of ether oxygens (including phenoxy) is 1. The standard InChI is InChI=1S/C31H32N4O3/c32-30-34-31(18-21-13-14-21,24-9-2-1-3-10-24)19-28(36)35(30)20-22-7-6-8-23(17-22)29(37)33-26-15-16-38-27-12-5-4-11-25(26)27/h1-12,17,21,26H,13-16,18-20H2,(H2,32,34)(H,33,37)/t26-,31-/m0/s1. The zero-order chi connectivity index (χ0) is 26.1. The topological polar surface area (TPSA) is 97.0 Å². The molecule has 1 fully saturated rings. The molecule has 3 aromatic carbocycles. The Balaban J connectivity index is 1.20. The first-order valence-corrected chi connectivity index (χ1v) is 13.3. The summed E-state index contributed by atoms with van der Waals surface area (Å²) in [6.45, 7) is 0.826. The van der Waals surface area contributed by atoms with Gasteiger partial charge in [0, 0.05) is 17.5 Å². The first-order valence-electron chi connectivity index (χ1n) is 13.3. The van der Waals surface area contributed by atoms with Gasteiger partial charge in [-0.3, -0.25) is 14.5 Å². The molecular formula is C31H32N4O3. The normalized spacial score (nSPS) is 22.7. The van der Waals surface area contributed by atoms with Crippen molar-refractivity contribution in [1.29, 1.82) is 0 Å². The van der Waals surface area contributed by atoms with E-state index >= 15 is 0 Å². The smallest absolute Gasteiger partial charge is 0.251 e. The van der Waals surface area contributed by atoms with Gasteiger partial charge in [0.1, 0.15) is 5.75 Å². The van der Waals surface area contributed by atoms with Gasteiger partial charge in [-0.15, -0.1) is 0 Å². The summed E-state index contributed by atoms with van der Waals surface area (Å²) in [6.07, 6.45) is 4.19. The first kappa shape index (κ1) is 24.2. The van der Waals surface area contributed by atoms with Crippen LogP contribution in [0.5, 0.6) is 5.75 Å². The number of rotatable bonds is 7. The predicted molar refractivity (Wildman–Crippen MR) is 145 cm³/mol. The molecule has 3 N–H and O–H groups in total. The lowest BCUT2D eigenvalue weighted by atomic mass is 9.81. The number of guanidine groups is 1. The molecule has 1 saturated carbocycles. The van der Waals surface area contributed by atoms with Crippen LogP contribution in [0.25, 0.3) is 0 Å². The molecule has 7 nitrogen and oxygen atoms in total. The molecule has 3 aliphatic rings. The molecule has 2 amide bonds. The molecule has 6 rings (SSSR count). The summed E-state index contributed by atoms with van der Waals surface area (Å²) < 4.78 is 5.72. The van der Waals surface area contributed by atoms with Crippen molar-refractivity contribution in [1.82, 2.24) is 10.2 Å². The highest BCUT2D eigenvalue weighted by Crippen LogP contribution is 2.46. The molecule has 1 aliphatic carbocycles. The summed E-state index contributed by atoms with van der Waals surface area (Å²) >= 11 is 0. The molecule has 194 valence electrons. The fourth-order valence-electron chi connectivity index (χ4n) is 5.64. The maximum atomic E-state index is 13.5. The van der Waals surface area contributed by atoms with Gasteiger partial charge in [0.25, 0.3) is 5.91 Å². The number of amides is 2. The van der Waals surface area contributed by atoms with Crippen LogP contribution in [0, 0.1) is 5.92 Å². The van der Waals surface area contributed by atoms with Gasteiger partial charge in [0.05, 0.1) is 31.2 Å². The van der Waals surface area contributed by atoms with Crippen molar-refractivity contribution in [3.63, 3.8) is 0 Å². The minimum absolute atomic E-state index is 0.0457. The third-order valence-corrected chi connectivity index (χ3v) is 7.78. The van der Waals surface area contributed by atoms with Crippen LogP contribution in [0.4, 0.5) is 0 Å². The quantitative estimate of drug-likeness (QED) is 0.484. The summed E-state index contributed by atoms with van der Waals surface area (Å²) in [5, 5.41) is 3.14. The number of para-hydroxylation sites is 1. The Bertz CT molecular complexity index is 1380. The number of fused-ring (bicyclic) bond motifs is 1. The van der Waals surface area contributed by atoms with E-state index in [2.05, 4.69) is 5.32 Å². The minimum Gasteiger partial charge on any atom is -0.493 e. The average Bonchev–Trinajstić information content (AvgIpc) is 3.75. The zero-order valence-electron chi connectivity index (χ0n) is 21.3. The van der Waals surface area contributed by atoms with Crippen molar-refractivity contribution in [3.05, 3.63) is 101 Å². The van der Waals surface area contributed by atoms with E-state index in [-0.39, 0.29) is 36.8 Å². The van der Waals surface area contributed by atoms with Gasteiger partial charge in [0.15, 0.2) is 5.96 Å². The molecule has 7 heteroatoms. The van der Waals surface area contributed by atoms with Crippen LogP contribution in [0.3, 0.4) is 0 Å². The molecule has 0 spiro atoms. The highest BCUT2D eigenvalue weighted by molar-refractivity contribution is 5.99. The molecule has 38 heavy (non-hydrogen) atoms. The van der Waals surface area contributed by atoms with E-state index in [9.17, 15) is 9.59 Å². The molecular weight excluding hydrogens is 476 g/mol. The highest BCUT2D eigenvalue weighted by Gasteiger charge is 2.44. The lowest BCUT2D eigenvalue weighted by molar-refractivity contribution is -0.130. The lowest BCUT2D eigenvalue weighted by Crippen LogP contribution is -2.50. The van der Waals surface area contributed by atoms with Crippen molar-refractivity contribution in [3.8, 4) is 5.75 Å². The Labute approximate surface area is 222 Å². The molecule has 0 bridgehead atoms. The van der Waals surface area contributed by atoms with Crippen molar-refractivity contribution in [2.75, 3.05) is 6.61 Å². The Morgan fingerprint density at radius 2 is 1.82 bits per heavy atom. The maximum Gasteiger partial charge on any atom is 0.251 e. The summed E-state index contributed by atoms with van der Waals surface area (Å²) in [5.74, 6) is 1.43. The van der Waals surface area contributed by atoms with Crippen LogP contribution >= 0.6 is 0 Å². The number of hydrogen-bond acceptors (Lipinski definition) is 5. The van der Waals surface area contributed by atoms with Gasteiger partial charge in [0.2, 0.25) is 5.91 Å². The van der Waals surface area contributed by atoms with Gasteiger partial charge in [-0.2, -0.15) is 0 Å². The molecule has 2 heterocycles. The van der Waals surface area contributed by atoms with Crippen molar-refractivity contribution < 1.29 is 14.3 Å². The van der Waals surface area contributed by atoms with Crippen LogP contribution in [-0.2, 0) is 16.9 Å². The zero-order valence-corrected chi connectivity index (χ0v) is 21.3. The van der Waals surface area contributed by atoms with E-state index in [1.807, 2.05) is 72.8 Å². The Hall–Kier alpha value is -4.13. The van der Waals surface area contributed by atoms with Gasteiger partial charge >= 0.3 is 0 Å². The second-order valence-corrected chi connectivity index (χ2v) is 10.6. The van der Waals surface area contributed by atoms with Crippen LogP contribution in [0.15, 0.2) is 83.9 Å². The second-order valence-electron chi connectivity index (χ2n) is 10.6. The highest BCUT2D eigenvalue weighted by atomic mass is 16.5. The maximum absolute atomic E-state index is 13.5. The Morgan fingerprint density at radius 3 is 2.61 bits per heavy atom. The molecule has 2 aliphatic heterocycles. The molecule has 2 atom stereocenters. The van der Waals surface area contributed by atoms with Gasteiger partial charge in [-0.25, -0.2) is 4.99 Å². The molecule has 0 saturated heterocycles. The number of nitrogens with one attached hydrogen (secondary N) is 1. The first-order chi connectivity index (χ1) is 18.5. The number of aliphatic imine (C=N–C) groups is 1. The molecule has 0 unspecified atom stereocenters. The fraction of sp³-hybridized carbons (Fsp3) is 0.323. The van der Waals surface area contributed by atoms with Gasteiger partial charge in [-0.05, 0) is 41.7 Å². The number of hydrogen-bond donors (Lipinski definition) is 2. The third kappa shape index (κ3) is 4.88. The van der Waals surface area contributed by atoms with E-state index in [0.29, 0.717) is 24.5 Å². The van der Waals surface area contributed by atoms with E-state index in [1.165, 1.54) is 12.8 Å². The molecule has 0 aromatic heterocycles. The molecule has 3 aromatic rings. The fourth-order valence-corrected chi connectivity index (χ4v) is 5.64. The minimum atomic E-state index is -0.609. The number of nitrogens with two attached hydrogens (primary N) is 1. The monoisotopic (exact) mass is 508 g/mol. The summed E-state index contributed by atoms with van der Waals surface area (Å²) in [5.41, 5.74) is 9.24. The van der Waals surface area contributed by atoms with Crippen molar-refractivity contribution >= 4 is 17.8 Å². The second kappa shape index (κ2) is 9.97. The third-order valence-electron chi connectivity index (χ3n) is 7.78. The summed E-state index contributed by atoms with van der Waals surface area (Å²) in [4.78, 5) is 33.1. The van der Waals surface area contributed by atoms with Crippen LogP contribution in [0.1, 0.15) is 65.2 Å². The number of nitrogens with zero attached hydrogens (tertiary/aromatic N) is 2. The SMILES string of the molecule is NC1=N[C@](CC2CC2)(c2ccccc2)CC(=O)N1Cc1cccc(C(=O)N[C@H]2CCOc3ccccc32)c1. The number of carbonyl (C=O) groups excluding carboxylic acids is 2. The Morgan fingerprint density at radius 1 is 1.03 bits per heavy atom. The largest absolute Gasteiger partial charge is 0.493 e. The summed E-state index contributed by atoms with van der Waals surface area (Å²) in [7, 11) is 0. The lowest BCUT2D eigenvalue weighted by Gasteiger charge is -2.38. The number of carbonyl (C=O) groups is 2. The summed E-state index contributed by atoms with van der Waals surface area (Å²) in [6, 6.07) is 25.1. The molecule has 0 radical (unpaired) electrons. The van der Waals surface area contributed by atoms with Crippen molar-refractivity contribution in [2.45, 2.75) is 50.2 Å². The van der Waals surface area contributed by atoms with Gasteiger partial charge in [-0.1, -0.05) is 73.5 Å². The number of benzene rings is 3. The Kier molecular flexibility index (Phi) is 6.35. The van der Waals surface area contributed by atoms with Crippen LogP contribution < -0.4 is 15.8 Å². The van der Waals surface area contributed by atoms with E-state index in [0.717, 1.165) is 28.9 Å².